The van der Waals surface area contributed by atoms with Gasteiger partial charge in [-0.15, -0.1) is 0 Å². The highest BCUT2D eigenvalue weighted by molar-refractivity contribution is 5.63. The molecule has 0 aromatic heterocycles. The summed E-state index contributed by atoms with van der Waals surface area (Å²) in [4.78, 5) is 2.66. The van der Waals surface area contributed by atoms with Gasteiger partial charge in [-0.1, -0.05) is 62.4 Å². The molecule has 0 aliphatic carbocycles. The Labute approximate surface area is 141 Å². The zero-order valence-electron chi connectivity index (χ0n) is 15.2. The Kier molecular flexibility index (Phi) is 4.00. The number of para-hydroxylation sites is 1. The predicted molar refractivity (Wildman–Crippen MR) is 100 cm³/mol. The van der Waals surface area contributed by atoms with E-state index in [2.05, 4.69) is 88.0 Å². The van der Waals surface area contributed by atoms with Crippen molar-refractivity contribution in [1.29, 1.82) is 0 Å². The van der Waals surface area contributed by atoms with Crippen LogP contribution < -0.4 is 4.90 Å². The Bertz CT molecular complexity index is 686. The molecular weight excluding hydrogens is 278 g/mol. The van der Waals surface area contributed by atoms with Gasteiger partial charge < -0.3 is 4.90 Å². The highest BCUT2D eigenvalue weighted by Gasteiger charge is 2.47. The van der Waals surface area contributed by atoms with E-state index >= 15 is 0 Å². The molecule has 2 aromatic rings. The molecule has 1 heterocycles. The van der Waals surface area contributed by atoms with E-state index in [0.29, 0.717) is 0 Å². The first-order valence-corrected chi connectivity index (χ1v) is 8.79. The van der Waals surface area contributed by atoms with E-state index in [-0.39, 0.29) is 11.0 Å². The largest absolute Gasteiger partial charge is 0.365 e. The molecule has 1 aliphatic heterocycles. The van der Waals surface area contributed by atoms with Crippen LogP contribution >= 0.6 is 0 Å². The molecule has 1 heteroatoms. The molecule has 1 fully saturated rings. The summed E-state index contributed by atoms with van der Waals surface area (Å²) in [7, 11) is 0. The van der Waals surface area contributed by atoms with Crippen molar-refractivity contribution in [2.24, 2.45) is 0 Å². The number of nitrogens with zero attached hydrogens (tertiary/aromatic N) is 1. The molecule has 3 rings (SSSR count). The van der Waals surface area contributed by atoms with Crippen LogP contribution in [0.1, 0.15) is 50.8 Å². The van der Waals surface area contributed by atoms with Gasteiger partial charge in [0, 0.05) is 23.2 Å². The molecule has 0 saturated carbocycles. The lowest BCUT2D eigenvalue weighted by Crippen LogP contribution is -2.39. The monoisotopic (exact) mass is 307 g/mol. The second-order valence-corrected chi connectivity index (χ2v) is 7.94. The van der Waals surface area contributed by atoms with E-state index in [1.807, 2.05) is 0 Å². The van der Waals surface area contributed by atoms with Crippen molar-refractivity contribution < 1.29 is 0 Å². The Morgan fingerprint density at radius 1 is 0.957 bits per heavy atom. The van der Waals surface area contributed by atoms with Gasteiger partial charge >= 0.3 is 0 Å². The standard InChI is InChI=1S/C22H29N/c1-6-18-12-10-11-17(2)20(18)23-16-22(5,15-21(23,3)4)19-13-8-7-9-14-19/h7-14H,6,15-16H2,1-5H3/t22-/m1/s1. The molecule has 0 N–H and O–H groups in total. The minimum absolute atomic E-state index is 0.167. The molecule has 1 aliphatic rings. The zero-order valence-corrected chi connectivity index (χ0v) is 15.2. The highest BCUT2D eigenvalue weighted by Crippen LogP contribution is 2.47. The second-order valence-electron chi connectivity index (χ2n) is 7.94. The molecule has 1 atom stereocenters. The minimum atomic E-state index is 0.167. The van der Waals surface area contributed by atoms with Gasteiger partial charge in [0.2, 0.25) is 0 Å². The van der Waals surface area contributed by atoms with Crippen molar-refractivity contribution >= 4 is 5.69 Å². The van der Waals surface area contributed by atoms with E-state index in [9.17, 15) is 0 Å². The first kappa shape index (κ1) is 16.1. The number of hydrogen-bond acceptors (Lipinski definition) is 1. The maximum Gasteiger partial charge on any atom is 0.0433 e. The predicted octanol–water partition coefficient (Wildman–Crippen LogP) is 5.50. The summed E-state index contributed by atoms with van der Waals surface area (Å²) >= 11 is 0. The second kappa shape index (κ2) is 5.70. The third kappa shape index (κ3) is 2.78. The third-order valence-electron chi connectivity index (χ3n) is 5.50. The zero-order chi connectivity index (χ0) is 16.7. The fraction of sp³-hybridized carbons (Fsp3) is 0.455. The normalized spacial score (nSPS) is 23.3. The van der Waals surface area contributed by atoms with Gasteiger partial charge in [0.05, 0.1) is 0 Å². The van der Waals surface area contributed by atoms with Gasteiger partial charge in [0.15, 0.2) is 0 Å². The first-order chi connectivity index (χ1) is 10.9. The maximum atomic E-state index is 2.66. The lowest BCUT2D eigenvalue weighted by Gasteiger charge is -2.36. The molecule has 0 spiro atoms. The molecule has 122 valence electrons. The fourth-order valence-corrected chi connectivity index (χ4v) is 4.48. The highest BCUT2D eigenvalue weighted by atomic mass is 15.2. The lowest BCUT2D eigenvalue weighted by molar-refractivity contribution is 0.445. The van der Waals surface area contributed by atoms with Gasteiger partial charge in [-0.3, -0.25) is 0 Å². The topological polar surface area (TPSA) is 3.24 Å². The van der Waals surface area contributed by atoms with Crippen LogP contribution in [0.15, 0.2) is 48.5 Å². The van der Waals surface area contributed by atoms with E-state index in [4.69, 9.17) is 0 Å². The van der Waals surface area contributed by atoms with Crippen LogP contribution in [0.25, 0.3) is 0 Å². The van der Waals surface area contributed by atoms with Gasteiger partial charge in [0.25, 0.3) is 0 Å². The number of anilines is 1. The smallest absolute Gasteiger partial charge is 0.0433 e. The molecule has 0 amide bonds. The van der Waals surface area contributed by atoms with Crippen molar-refractivity contribution in [3.63, 3.8) is 0 Å². The minimum Gasteiger partial charge on any atom is -0.365 e. The van der Waals surface area contributed by atoms with Crippen LogP contribution in [0.3, 0.4) is 0 Å². The average molecular weight is 307 g/mol. The summed E-state index contributed by atoms with van der Waals surface area (Å²) in [6.45, 7) is 12.8. The summed E-state index contributed by atoms with van der Waals surface area (Å²) in [5, 5.41) is 0. The molecule has 1 nitrogen and oxygen atoms in total. The van der Waals surface area contributed by atoms with Crippen LogP contribution in [-0.2, 0) is 11.8 Å². The number of rotatable bonds is 3. The van der Waals surface area contributed by atoms with Crippen molar-refractivity contribution in [2.75, 3.05) is 11.4 Å². The molecule has 0 unspecified atom stereocenters. The van der Waals surface area contributed by atoms with Crippen molar-refractivity contribution in [3.8, 4) is 0 Å². The Morgan fingerprint density at radius 2 is 1.65 bits per heavy atom. The molecule has 0 bridgehead atoms. The summed E-state index contributed by atoms with van der Waals surface area (Å²) in [5.41, 5.74) is 6.16. The Hall–Kier alpha value is -1.76. The van der Waals surface area contributed by atoms with Crippen LogP contribution in [-0.4, -0.2) is 12.1 Å². The number of aryl methyl sites for hydroxylation is 2. The van der Waals surface area contributed by atoms with Gasteiger partial charge in [-0.2, -0.15) is 0 Å². The fourth-order valence-electron chi connectivity index (χ4n) is 4.48. The van der Waals surface area contributed by atoms with Crippen LogP contribution in [0.4, 0.5) is 5.69 Å². The van der Waals surface area contributed by atoms with E-state index in [0.717, 1.165) is 13.0 Å². The molecule has 1 saturated heterocycles. The molecular formula is C22H29N. The van der Waals surface area contributed by atoms with Crippen LogP contribution in [0, 0.1) is 6.92 Å². The van der Waals surface area contributed by atoms with Crippen molar-refractivity contribution in [3.05, 3.63) is 65.2 Å². The van der Waals surface area contributed by atoms with Crippen molar-refractivity contribution in [1.82, 2.24) is 0 Å². The van der Waals surface area contributed by atoms with Crippen molar-refractivity contribution in [2.45, 2.75) is 58.4 Å². The van der Waals surface area contributed by atoms with Gasteiger partial charge in [-0.05, 0) is 50.3 Å². The number of benzene rings is 2. The van der Waals surface area contributed by atoms with E-state index in [1.165, 1.54) is 28.8 Å². The first-order valence-electron chi connectivity index (χ1n) is 8.79. The SMILES string of the molecule is CCc1cccc(C)c1N1C[C@](C)(c2ccccc2)CC1(C)C. The van der Waals surface area contributed by atoms with Crippen LogP contribution in [0.5, 0.6) is 0 Å². The summed E-state index contributed by atoms with van der Waals surface area (Å²) in [6.07, 6.45) is 2.27. The molecule has 23 heavy (non-hydrogen) atoms. The van der Waals surface area contributed by atoms with E-state index in [1.54, 1.807) is 0 Å². The number of hydrogen-bond donors (Lipinski definition) is 0. The van der Waals surface area contributed by atoms with E-state index < -0.39 is 0 Å². The quantitative estimate of drug-likeness (QED) is 0.723. The lowest BCUT2D eigenvalue weighted by atomic mass is 9.78. The third-order valence-corrected chi connectivity index (χ3v) is 5.50. The Morgan fingerprint density at radius 3 is 2.30 bits per heavy atom. The molecule has 2 aromatic carbocycles. The molecule has 0 radical (unpaired) electrons. The average Bonchev–Trinajstić information content (AvgIpc) is 2.78. The van der Waals surface area contributed by atoms with Gasteiger partial charge in [0.1, 0.15) is 0 Å². The van der Waals surface area contributed by atoms with Crippen LogP contribution in [0.2, 0.25) is 0 Å². The van der Waals surface area contributed by atoms with Gasteiger partial charge in [-0.25, -0.2) is 0 Å². The Balaban J connectivity index is 2.05. The maximum absolute atomic E-state index is 2.66. The summed E-state index contributed by atoms with van der Waals surface area (Å²) < 4.78 is 0. The summed E-state index contributed by atoms with van der Waals surface area (Å²) in [5.74, 6) is 0. The summed E-state index contributed by atoms with van der Waals surface area (Å²) in [6, 6.07) is 17.8.